The molecule has 48 valence electrons. The van der Waals surface area contributed by atoms with Crippen molar-refractivity contribution in [2.75, 3.05) is 0 Å². The molecular formula is C8H11Sb. The van der Waals surface area contributed by atoms with Crippen LogP contribution in [0.5, 0.6) is 0 Å². The van der Waals surface area contributed by atoms with Crippen molar-refractivity contribution < 1.29 is 0 Å². The van der Waals surface area contributed by atoms with Crippen molar-refractivity contribution in [3.8, 4) is 0 Å². The second-order valence-corrected chi connectivity index (χ2v) is 8.81. The molecule has 0 aromatic heterocycles. The van der Waals surface area contributed by atoms with Gasteiger partial charge in [0.05, 0.1) is 0 Å². The van der Waals surface area contributed by atoms with Gasteiger partial charge in [0.1, 0.15) is 0 Å². The van der Waals surface area contributed by atoms with E-state index < -0.39 is 20.2 Å². The van der Waals surface area contributed by atoms with Crippen molar-refractivity contribution in [2.24, 2.45) is 0 Å². The van der Waals surface area contributed by atoms with E-state index in [2.05, 4.69) is 40.1 Å². The molecule has 0 aliphatic heterocycles. The van der Waals surface area contributed by atoms with Crippen molar-refractivity contribution in [1.82, 2.24) is 0 Å². The fourth-order valence-electron chi connectivity index (χ4n) is 0.726. The van der Waals surface area contributed by atoms with E-state index in [1.54, 1.807) is 3.51 Å². The van der Waals surface area contributed by atoms with Gasteiger partial charge in [-0.15, -0.1) is 0 Å². The SMILES string of the molecule is [CH3][Sb]([CH3])[c]1ccccc1. The van der Waals surface area contributed by atoms with Crippen molar-refractivity contribution in [3.05, 3.63) is 30.3 Å². The van der Waals surface area contributed by atoms with E-state index in [1.807, 2.05) is 0 Å². The van der Waals surface area contributed by atoms with Crippen LogP contribution in [0.25, 0.3) is 0 Å². The van der Waals surface area contributed by atoms with Crippen LogP contribution in [0.1, 0.15) is 0 Å². The van der Waals surface area contributed by atoms with Gasteiger partial charge in [0.2, 0.25) is 0 Å². The van der Waals surface area contributed by atoms with Crippen molar-refractivity contribution in [3.63, 3.8) is 0 Å². The minimum absolute atomic E-state index is 0.909. The van der Waals surface area contributed by atoms with Crippen molar-refractivity contribution >= 4 is 23.7 Å². The van der Waals surface area contributed by atoms with Crippen LogP contribution in [0, 0.1) is 0 Å². The second kappa shape index (κ2) is 3.27. The summed E-state index contributed by atoms with van der Waals surface area (Å²) in [4.78, 5) is 4.77. The van der Waals surface area contributed by atoms with Gasteiger partial charge in [-0.1, -0.05) is 0 Å². The summed E-state index contributed by atoms with van der Waals surface area (Å²) in [5, 5.41) is 0. The van der Waals surface area contributed by atoms with Gasteiger partial charge in [0.15, 0.2) is 0 Å². The molecule has 0 radical (unpaired) electrons. The first kappa shape index (κ1) is 7.15. The number of hydrogen-bond donors (Lipinski definition) is 0. The zero-order valence-corrected chi connectivity index (χ0v) is 8.39. The van der Waals surface area contributed by atoms with Crippen LogP contribution in [-0.2, 0) is 0 Å². The maximum atomic E-state index is 2.39. The predicted molar refractivity (Wildman–Crippen MR) is 43.6 cm³/mol. The molecule has 0 saturated heterocycles. The second-order valence-electron chi connectivity index (χ2n) is 2.23. The van der Waals surface area contributed by atoms with Crippen LogP contribution < -0.4 is 3.51 Å². The van der Waals surface area contributed by atoms with Gasteiger partial charge in [-0.2, -0.15) is 0 Å². The molecule has 0 nitrogen and oxygen atoms in total. The average molecular weight is 229 g/mol. The first-order valence-corrected chi connectivity index (χ1v) is 9.41. The number of hydrogen-bond acceptors (Lipinski definition) is 0. The fraction of sp³-hybridized carbons (Fsp3) is 0.250. The van der Waals surface area contributed by atoms with E-state index in [4.69, 9.17) is 0 Å². The molecule has 0 saturated carbocycles. The zero-order valence-electron chi connectivity index (χ0n) is 5.83. The third-order valence-corrected chi connectivity index (χ3v) is 5.07. The normalized spacial score (nSPS) is 10.1. The summed E-state index contributed by atoms with van der Waals surface area (Å²) in [6, 6.07) is 10.8. The summed E-state index contributed by atoms with van der Waals surface area (Å²) in [6.07, 6.45) is 0. The molecule has 0 bridgehead atoms. The summed E-state index contributed by atoms with van der Waals surface area (Å²) in [7, 11) is 0. The van der Waals surface area contributed by atoms with Crippen molar-refractivity contribution in [1.29, 1.82) is 0 Å². The molecule has 1 rings (SSSR count). The molecule has 0 N–H and O–H groups in total. The predicted octanol–water partition coefficient (Wildman–Crippen LogP) is 1.65. The maximum absolute atomic E-state index is 2.39. The van der Waals surface area contributed by atoms with Crippen LogP contribution in [0.4, 0.5) is 0 Å². The molecule has 1 aromatic rings. The third kappa shape index (κ3) is 2.02. The molecule has 0 amide bonds. The number of benzene rings is 1. The zero-order chi connectivity index (χ0) is 6.69. The Morgan fingerprint density at radius 3 is 1.89 bits per heavy atom. The standard InChI is InChI=1S/C6H5.2CH3.Sb/c1-2-4-6-5-3-1;;;/h1-5H;2*1H3;. The Labute approximate surface area is 63.9 Å². The van der Waals surface area contributed by atoms with Gasteiger partial charge in [-0.3, -0.25) is 0 Å². The van der Waals surface area contributed by atoms with Crippen LogP contribution in [0.2, 0.25) is 9.74 Å². The van der Waals surface area contributed by atoms with E-state index >= 15 is 0 Å². The summed E-state index contributed by atoms with van der Waals surface area (Å²) >= 11 is -0.909. The van der Waals surface area contributed by atoms with Gasteiger partial charge in [-0.25, -0.2) is 0 Å². The first-order chi connectivity index (χ1) is 4.30. The molecule has 0 atom stereocenters. The average Bonchev–Trinajstić information content (AvgIpc) is 1.90. The third-order valence-electron chi connectivity index (χ3n) is 1.27. The summed E-state index contributed by atoms with van der Waals surface area (Å²) < 4.78 is 1.60. The topological polar surface area (TPSA) is 0 Å². The molecular weight excluding hydrogens is 218 g/mol. The summed E-state index contributed by atoms with van der Waals surface area (Å²) in [6.45, 7) is 0. The Hall–Kier alpha value is 0.0382. The molecule has 0 aliphatic carbocycles. The summed E-state index contributed by atoms with van der Waals surface area (Å²) in [5.74, 6) is 0. The molecule has 0 aliphatic rings. The Bertz CT molecular complexity index is 167. The van der Waals surface area contributed by atoms with Crippen LogP contribution >= 0.6 is 0 Å². The molecule has 1 aromatic carbocycles. The molecule has 0 unspecified atom stereocenters. The van der Waals surface area contributed by atoms with E-state index in [9.17, 15) is 0 Å². The minimum atomic E-state index is -0.909. The first-order valence-electron chi connectivity index (χ1n) is 3.03. The monoisotopic (exact) mass is 228 g/mol. The summed E-state index contributed by atoms with van der Waals surface area (Å²) in [5.41, 5.74) is 0. The molecule has 0 spiro atoms. The Kier molecular flexibility index (Phi) is 2.60. The van der Waals surface area contributed by atoms with E-state index in [1.165, 1.54) is 0 Å². The van der Waals surface area contributed by atoms with Gasteiger partial charge >= 0.3 is 63.8 Å². The quantitative estimate of drug-likeness (QED) is 0.642. The van der Waals surface area contributed by atoms with Gasteiger partial charge in [0.25, 0.3) is 0 Å². The van der Waals surface area contributed by atoms with Gasteiger partial charge in [-0.05, 0) is 0 Å². The molecule has 1 heteroatoms. The molecule has 9 heavy (non-hydrogen) atoms. The van der Waals surface area contributed by atoms with Gasteiger partial charge in [0, 0.05) is 0 Å². The molecule has 0 fully saturated rings. The van der Waals surface area contributed by atoms with E-state index in [-0.39, 0.29) is 0 Å². The van der Waals surface area contributed by atoms with Crippen LogP contribution in [0.3, 0.4) is 0 Å². The van der Waals surface area contributed by atoms with E-state index in [0.29, 0.717) is 0 Å². The molecule has 0 heterocycles. The van der Waals surface area contributed by atoms with Crippen molar-refractivity contribution in [2.45, 2.75) is 9.74 Å². The Balaban J connectivity index is 2.85. The Morgan fingerprint density at radius 2 is 1.56 bits per heavy atom. The van der Waals surface area contributed by atoms with E-state index in [0.717, 1.165) is 0 Å². The van der Waals surface area contributed by atoms with Crippen LogP contribution in [-0.4, -0.2) is 20.2 Å². The fourth-order valence-corrected chi connectivity index (χ4v) is 2.92. The van der Waals surface area contributed by atoms with Crippen LogP contribution in [0.15, 0.2) is 30.3 Å². The Morgan fingerprint density at radius 1 is 1.00 bits per heavy atom. The van der Waals surface area contributed by atoms with Gasteiger partial charge < -0.3 is 0 Å². The number of rotatable bonds is 1.